The third-order valence-corrected chi connectivity index (χ3v) is 3.21. The number of benzene rings is 2. The Morgan fingerprint density at radius 3 is 2.71 bits per heavy atom. The van der Waals surface area contributed by atoms with Crippen molar-refractivity contribution in [1.82, 2.24) is 20.2 Å². The third kappa shape index (κ3) is 2.31. The minimum atomic E-state index is -1.03. The van der Waals surface area contributed by atoms with E-state index in [0.717, 1.165) is 10.7 Å². The zero-order valence-electron chi connectivity index (χ0n) is 10.5. The molecule has 1 aromatic heterocycles. The highest BCUT2D eigenvalue weighted by Crippen LogP contribution is 2.27. The number of nitrogens with two attached hydrogens (primary N) is 1. The summed E-state index contributed by atoms with van der Waals surface area (Å²) in [6, 6.07) is 8.53. The predicted molar refractivity (Wildman–Crippen MR) is 73.9 cm³/mol. The molecule has 0 amide bonds. The molecule has 0 saturated heterocycles. The summed E-state index contributed by atoms with van der Waals surface area (Å²) < 4.78 is 28.3. The first kappa shape index (κ1) is 13.4. The van der Waals surface area contributed by atoms with E-state index in [1.807, 2.05) is 0 Å². The fourth-order valence-corrected chi connectivity index (χ4v) is 2.03. The monoisotopic (exact) mass is 307 g/mol. The summed E-state index contributed by atoms with van der Waals surface area (Å²) >= 11 is 5.95. The van der Waals surface area contributed by atoms with Crippen LogP contribution in [0.3, 0.4) is 0 Å². The Balaban J connectivity index is 2.17. The molecule has 1 heterocycles. The van der Waals surface area contributed by atoms with Gasteiger partial charge in [0.1, 0.15) is 5.69 Å². The fraction of sp³-hybridized carbons (Fsp3) is 0. The highest BCUT2D eigenvalue weighted by Gasteiger charge is 2.17. The minimum absolute atomic E-state index is 0.0945. The second-order valence-corrected chi connectivity index (χ2v) is 4.63. The number of rotatable bonds is 2. The van der Waals surface area contributed by atoms with Gasteiger partial charge in [0.25, 0.3) is 0 Å². The molecule has 0 aliphatic carbocycles. The topological polar surface area (TPSA) is 69.6 Å². The lowest BCUT2D eigenvalue weighted by Crippen LogP contribution is -2.04. The van der Waals surface area contributed by atoms with Crippen LogP contribution in [0.1, 0.15) is 0 Å². The Morgan fingerprint density at radius 1 is 1.14 bits per heavy atom. The summed E-state index contributed by atoms with van der Waals surface area (Å²) in [4.78, 5) is 0. The molecule has 106 valence electrons. The van der Waals surface area contributed by atoms with Gasteiger partial charge in [-0.15, -0.1) is 5.10 Å². The maximum Gasteiger partial charge on any atom is 0.187 e. The molecule has 0 aliphatic heterocycles. The number of nitrogen functional groups attached to an aromatic ring is 1. The summed E-state index contributed by atoms with van der Waals surface area (Å²) in [6.07, 6.45) is 0. The normalized spacial score (nSPS) is 10.8. The molecule has 0 bridgehead atoms. The van der Waals surface area contributed by atoms with Gasteiger partial charge in [-0.05, 0) is 40.8 Å². The Hall–Kier alpha value is -2.54. The summed E-state index contributed by atoms with van der Waals surface area (Å²) in [5.41, 5.74) is 6.47. The lowest BCUT2D eigenvalue weighted by Gasteiger charge is -2.07. The van der Waals surface area contributed by atoms with Crippen LogP contribution < -0.4 is 5.73 Å². The summed E-state index contributed by atoms with van der Waals surface area (Å²) in [6.45, 7) is 0. The number of nitrogens with zero attached hydrogens (tertiary/aromatic N) is 4. The highest BCUT2D eigenvalue weighted by molar-refractivity contribution is 6.33. The second-order valence-electron chi connectivity index (χ2n) is 4.22. The van der Waals surface area contributed by atoms with Crippen LogP contribution in [0.2, 0.25) is 5.02 Å². The van der Waals surface area contributed by atoms with Gasteiger partial charge in [-0.3, -0.25) is 0 Å². The standard InChI is InChI=1S/C13H8ClF2N5/c14-8-6-7(4-5-10(8)17)13-18-19-20-21(13)11-3-1-2-9(15)12(11)16/h1-6H,17H2. The number of anilines is 1. The molecule has 2 N–H and O–H groups in total. The number of hydrogen-bond donors (Lipinski definition) is 1. The Kier molecular flexibility index (Phi) is 3.26. The van der Waals surface area contributed by atoms with Crippen molar-refractivity contribution in [3.63, 3.8) is 0 Å². The van der Waals surface area contributed by atoms with Crippen LogP contribution in [0.25, 0.3) is 17.1 Å². The van der Waals surface area contributed by atoms with E-state index in [4.69, 9.17) is 17.3 Å². The van der Waals surface area contributed by atoms with E-state index >= 15 is 0 Å². The molecule has 3 aromatic rings. The van der Waals surface area contributed by atoms with Crippen LogP contribution in [-0.2, 0) is 0 Å². The van der Waals surface area contributed by atoms with Crippen molar-refractivity contribution >= 4 is 17.3 Å². The van der Waals surface area contributed by atoms with Crippen LogP contribution in [0.4, 0.5) is 14.5 Å². The van der Waals surface area contributed by atoms with Crippen molar-refractivity contribution in [1.29, 1.82) is 0 Å². The van der Waals surface area contributed by atoms with Gasteiger partial charge >= 0.3 is 0 Å². The zero-order chi connectivity index (χ0) is 15.0. The SMILES string of the molecule is Nc1ccc(-c2nnnn2-c2cccc(F)c2F)cc1Cl. The predicted octanol–water partition coefficient (Wildman–Crippen LogP) is 2.84. The van der Waals surface area contributed by atoms with E-state index in [1.54, 1.807) is 18.2 Å². The summed E-state index contributed by atoms with van der Waals surface area (Å²) in [5, 5.41) is 11.3. The van der Waals surface area contributed by atoms with Crippen molar-refractivity contribution < 1.29 is 8.78 Å². The number of hydrogen-bond acceptors (Lipinski definition) is 4. The summed E-state index contributed by atoms with van der Waals surface area (Å²) in [5.74, 6) is -1.79. The summed E-state index contributed by atoms with van der Waals surface area (Å²) in [7, 11) is 0. The van der Waals surface area contributed by atoms with Crippen LogP contribution >= 0.6 is 11.6 Å². The molecule has 0 atom stereocenters. The van der Waals surface area contributed by atoms with Gasteiger partial charge < -0.3 is 5.73 Å². The minimum Gasteiger partial charge on any atom is -0.398 e. The third-order valence-electron chi connectivity index (χ3n) is 2.89. The zero-order valence-corrected chi connectivity index (χ0v) is 11.2. The first-order chi connectivity index (χ1) is 10.1. The van der Waals surface area contributed by atoms with Crippen LogP contribution in [0.15, 0.2) is 36.4 Å². The number of halogens is 3. The molecule has 0 radical (unpaired) electrons. The molecule has 21 heavy (non-hydrogen) atoms. The molecule has 0 saturated carbocycles. The molecule has 2 aromatic carbocycles. The van der Waals surface area contributed by atoms with Crippen molar-refractivity contribution in [3.8, 4) is 17.1 Å². The molecular weight excluding hydrogens is 300 g/mol. The molecule has 0 aliphatic rings. The average molecular weight is 308 g/mol. The quantitative estimate of drug-likeness (QED) is 0.739. The average Bonchev–Trinajstić information content (AvgIpc) is 2.94. The Bertz CT molecular complexity index is 818. The van der Waals surface area contributed by atoms with Gasteiger partial charge in [-0.1, -0.05) is 17.7 Å². The largest absolute Gasteiger partial charge is 0.398 e. The van der Waals surface area contributed by atoms with E-state index < -0.39 is 11.6 Å². The molecule has 0 spiro atoms. The highest BCUT2D eigenvalue weighted by atomic mass is 35.5. The van der Waals surface area contributed by atoms with Gasteiger partial charge in [0.05, 0.1) is 10.7 Å². The van der Waals surface area contributed by atoms with Crippen molar-refractivity contribution in [3.05, 3.63) is 53.1 Å². The molecular formula is C13H8ClF2N5. The molecule has 0 fully saturated rings. The number of tetrazole rings is 1. The lowest BCUT2D eigenvalue weighted by atomic mass is 10.2. The maximum absolute atomic E-state index is 13.9. The number of aromatic nitrogens is 4. The van der Waals surface area contributed by atoms with Gasteiger partial charge in [0.15, 0.2) is 17.5 Å². The van der Waals surface area contributed by atoms with Crippen molar-refractivity contribution in [2.45, 2.75) is 0 Å². The van der Waals surface area contributed by atoms with E-state index in [1.165, 1.54) is 12.1 Å². The van der Waals surface area contributed by atoms with Gasteiger partial charge in [0.2, 0.25) is 0 Å². The van der Waals surface area contributed by atoms with Crippen molar-refractivity contribution in [2.24, 2.45) is 0 Å². The first-order valence-electron chi connectivity index (χ1n) is 5.86. The van der Waals surface area contributed by atoms with Crippen LogP contribution in [0.5, 0.6) is 0 Å². The van der Waals surface area contributed by atoms with Crippen LogP contribution in [-0.4, -0.2) is 20.2 Å². The van der Waals surface area contributed by atoms with Crippen molar-refractivity contribution in [2.75, 3.05) is 5.73 Å². The lowest BCUT2D eigenvalue weighted by molar-refractivity contribution is 0.501. The maximum atomic E-state index is 13.9. The molecule has 5 nitrogen and oxygen atoms in total. The Labute approximate surface area is 123 Å². The Morgan fingerprint density at radius 2 is 1.95 bits per heavy atom. The first-order valence-corrected chi connectivity index (χ1v) is 6.24. The van der Waals surface area contributed by atoms with Crippen LogP contribution in [0, 0.1) is 11.6 Å². The van der Waals surface area contributed by atoms with Gasteiger partial charge in [-0.2, -0.15) is 4.68 Å². The van der Waals surface area contributed by atoms with Gasteiger partial charge in [0, 0.05) is 5.56 Å². The fourth-order valence-electron chi connectivity index (χ4n) is 1.85. The second kappa shape index (κ2) is 5.10. The molecule has 0 unspecified atom stereocenters. The van der Waals surface area contributed by atoms with E-state index in [2.05, 4.69) is 15.5 Å². The molecule has 3 rings (SSSR count). The van der Waals surface area contributed by atoms with E-state index in [0.29, 0.717) is 16.3 Å². The molecule has 8 heteroatoms. The van der Waals surface area contributed by atoms with Gasteiger partial charge in [-0.25, -0.2) is 8.78 Å². The van der Waals surface area contributed by atoms with E-state index in [9.17, 15) is 8.78 Å². The van der Waals surface area contributed by atoms with E-state index in [-0.39, 0.29) is 11.5 Å². The smallest absolute Gasteiger partial charge is 0.187 e.